The number of halogens is 1. The Labute approximate surface area is 216 Å². The van der Waals surface area contributed by atoms with Gasteiger partial charge < -0.3 is 24.6 Å². The topological polar surface area (TPSA) is 62.2 Å². The van der Waals surface area contributed by atoms with Crippen LogP contribution in [0.25, 0.3) is 21.2 Å². The standard InChI is InChI=1S/C28H29NO4S.ClH/c30-20-5-11-24(26-19-34-28-18-21(31)6-12-25(26)28)27(17-20)33-23-9-7-22(8-10-23)32-16-4-15-29-13-2-1-3-14-29;/h5-12,17-19,30-31H,1-4,13-16H2;1H. The summed E-state index contributed by atoms with van der Waals surface area (Å²) in [6.07, 6.45) is 5.02. The largest absolute Gasteiger partial charge is 0.508 e. The van der Waals surface area contributed by atoms with E-state index in [9.17, 15) is 10.2 Å². The second kappa shape index (κ2) is 11.7. The van der Waals surface area contributed by atoms with Crippen LogP contribution in [0, 0.1) is 0 Å². The molecule has 4 aromatic rings. The van der Waals surface area contributed by atoms with E-state index in [4.69, 9.17) is 9.47 Å². The van der Waals surface area contributed by atoms with E-state index in [2.05, 4.69) is 4.90 Å². The minimum atomic E-state index is 0. The van der Waals surface area contributed by atoms with Gasteiger partial charge in [0, 0.05) is 33.8 Å². The van der Waals surface area contributed by atoms with Crippen molar-refractivity contribution in [2.24, 2.45) is 0 Å². The molecule has 0 saturated carbocycles. The first-order chi connectivity index (χ1) is 16.7. The molecule has 2 N–H and O–H groups in total. The second-order valence-electron chi connectivity index (χ2n) is 8.69. The third-order valence-corrected chi connectivity index (χ3v) is 7.15. The van der Waals surface area contributed by atoms with Crippen molar-refractivity contribution in [2.45, 2.75) is 25.7 Å². The SMILES string of the molecule is Cl.Oc1ccc(-c2csc3cc(O)ccc23)c(Oc2ccc(OCCCN3CCCCC3)cc2)c1. The number of likely N-dealkylation sites (tertiary alicyclic amines) is 1. The van der Waals surface area contributed by atoms with Gasteiger partial charge in [-0.1, -0.05) is 6.42 Å². The first-order valence-electron chi connectivity index (χ1n) is 11.8. The molecule has 7 heteroatoms. The molecule has 0 unspecified atom stereocenters. The first-order valence-corrected chi connectivity index (χ1v) is 12.7. The van der Waals surface area contributed by atoms with Crippen molar-refractivity contribution in [2.75, 3.05) is 26.2 Å². The van der Waals surface area contributed by atoms with E-state index in [1.54, 1.807) is 35.6 Å². The van der Waals surface area contributed by atoms with Crippen molar-refractivity contribution in [3.63, 3.8) is 0 Å². The molecule has 1 fully saturated rings. The number of phenols is 2. The van der Waals surface area contributed by atoms with Gasteiger partial charge in [-0.2, -0.15) is 0 Å². The van der Waals surface area contributed by atoms with Crippen molar-refractivity contribution >= 4 is 33.8 Å². The minimum absolute atomic E-state index is 0. The number of aromatic hydroxyl groups is 2. The third-order valence-electron chi connectivity index (χ3n) is 6.20. The summed E-state index contributed by atoms with van der Waals surface area (Å²) in [6.45, 7) is 4.23. The van der Waals surface area contributed by atoms with Crippen LogP contribution in [0.3, 0.4) is 0 Å². The van der Waals surface area contributed by atoms with Crippen molar-refractivity contribution in [3.8, 4) is 39.9 Å². The Kier molecular flexibility index (Phi) is 8.39. The Morgan fingerprint density at radius 3 is 2.31 bits per heavy atom. The number of hydrogen-bond acceptors (Lipinski definition) is 6. The highest BCUT2D eigenvalue weighted by atomic mass is 35.5. The summed E-state index contributed by atoms with van der Waals surface area (Å²) in [5.74, 6) is 2.46. The lowest BCUT2D eigenvalue weighted by atomic mass is 10.0. The number of piperidine rings is 1. The van der Waals surface area contributed by atoms with Gasteiger partial charge in [0.25, 0.3) is 0 Å². The quantitative estimate of drug-likeness (QED) is 0.240. The highest BCUT2D eigenvalue weighted by Crippen LogP contribution is 2.42. The number of rotatable bonds is 8. The smallest absolute Gasteiger partial charge is 0.138 e. The average molecular weight is 512 g/mol. The number of hydrogen-bond donors (Lipinski definition) is 2. The fourth-order valence-corrected chi connectivity index (χ4v) is 5.43. The van der Waals surface area contributed by atoms with E-state index in [0.717, 1.165) is 39.9 Å². The van der Waals surface area contributed by atoms with E-state index in [0.29, 0.717) is 18.1 Å². The number of fused-ring (bicyclic) bond motifs is 1. The molecule has 2 heterocycles. The van der Waals surface area contributed by atoms with Gasteiger partial charge >= 0.3 is 0 Å². The zero-order chi connectivity index (χ0) is 23.3. The molecule has 0 radical (unpaired) electrons. The number of ether oxygens (including phenoxy) is 2. The van der Waals surface area contributed by atoms with E-state index in [1.807, 2.05) is 41.8 Å². The molecule has 1 saturated heterocycles. The maximum atomic E-state index is 10.1. The van der Waals surface area contributed by atoms with Crippen molar-refractivity contribution < 1.29 is 19.7 Å². The summed E-state index contributed by atoms with van der Waals surface area (Å²) >= 11 is 1.56. The Hall–Kier alpha value is -2.93. The molecule has 1 aliphatic rings. The molecular formula is C28H30ClNO4S. The predicted molar refractivity (Wildman–Crippen MR) is 145 cm³/mol. The van der Waals surface area contributed by atoms with Crippen LogP contribution in [-0.2, 0) is 0 Å². The lowest BCUT2D eigenvalue weighted by molar-refractivity contribution is 0.205. The normalized spacial score (nSPS) is 13.9. The molecule has 0 amide bonds. The van der Waals surface area contributed by atoms with Crippen LogP contribution in [0.15, 0.2) is 66.0 Å². The van der Waals surface area contributed by atoms with Crippen molar-refractivity contribution in [3.05, 3.63) is 66.0 Å². The van der Waals surface area contributed by atoms with Gasteiger partial charge in [0.2, 0.25) is 0 Å². The Balaban J connectivity index is 0.00000289. The van der Waals surface area contributed by atoms with Crippen LogP contribution >= 0.6 is 23.7 Å². The Bertz CT molecular complexity index is 1250. The van der Waals surface area contributed by atoms with Crippen LogP contribution < -0.4 is 9.47 Å². The van der Waals surface area contributed by atoms with E-state index < -0.39 is 0 Å². The zero-order valence-corrected chi connectivity index (χ0v) is 21.1. The van der Waals surface area contributed by atoms with Gasteiger partial charge in [0.1, 0.15) is 28.7 Å². The highest BCUT2D eigenvalue weighted by molar-refractivity contribution is 7.17. The summed E-state index contributed by atoms with van der Waals surface area (Å²) in [5.41, 5.74) is 1.89. The van der Waals surface area contributed by atoms with Gasteiger partial charge in [0.05, 0.1) is 6.61 Å². The molecular weight excluding hydrogens is 482 g/mol. The van der Waals surface area contributed by atoms with Gasteiger partial charge in [0.15, 0.2) is 0 Å². The minimum Gasteiger partial charge on any atom is -0.508 e. The Morgan fingerprint density at radius 2 is 1.51 bits per heavy atom. The van der Waals surface area contributed by atoms with E-state index in [1.165, 1.54) is 32.4 Å². The maximum Gasteiger partial charge on any atom is 0.138 e. The van der Waals surface area contributed by atoms with E-state index in [-0.39, 0.29) is 23.9 Å². The lowest BCUT2D eigenvalue weighted by Crippen LogP contribution is -2.31. The van der Waals surface area contributed by atoms with Crippen molar-refractivity contribution in [1.82, 2.24) is 4.90 Å². The third kappa shape index (κ3) is 6.20. The number of nitrogens with zero attached hydrogens (tertiary/aromatic N) is 1. The summed E-state index contributed by atoms with van der Waals surface area (Å²) in [5, 5.41) is 22.9. The Morgan fingerprint density at radius 1 is 0.800 bits per heavy atom. The molecule has 5 rings (SSSR count). The van der Waals surface area contributed by atoms with E-state index >= 15 is 0 Å². The number of phenolic OH excluding ortho intramolecular Hbond substituents is 2. The van der Waals surface area contributed by atoms with Gasteiger partial charge in [-0.3, -0.25) is 0 Å². The predicted octanol–water partition coefficient (Wildman–Crippen LogP) is 7.45. The van der Waals surface area contributed by atoms with Gasteiger partial charge in [-0.05, 0) is 92.3 Å². The zero-order valence-electron chi connectivity index (χ0n) is 19.5. The van der Waals surface area contributed by atoms with Crippen LogP contribution in [0.4, 0.5) is 0 Å². The summed E-state index contributed by atoms with van der Waals surface area (Å²) in [4.78, 5) is 2.52. The summed E-state index contributed by atoms with van der Waals surface area (Å²) in [6, 6.07) is 18.1. The number of thiophene rings is 1. The van der Waals surface area contributed by atoms with Crippen LogP contribution in [0.1, 0.15) is 25.7 Å². The molecule has 35 heavy (non-hydrogen) atoms. The fraction of sp³-hybridized carbons (Fsp3) is 0.286. The molecule has 1 aliphatic heterocycles. The molecule has 184 valence electrons. The average Bonchev–Trinajstić information content (AvgIpc) is 3.26. The van der Waals surface area contributed by atoms with Gasteiger partial charge in [-0.25, -0.2) is 0 Å². The molecule has 0 atom stereocenters. The van der Waals surface area contributed by atoms with Crippen LogP contribution in [0.5, 0.6) is 28.7 Å². The molecule has 3 aromatic carbocycles. The monoisotopic (exact) mass is 511 g/mol. The molecule has 0 bridgehead atoms. The highest BCUT2D eigenvalue weighted by Gasteiger charge is 2.14. The molecule has 0 spiro atoms. The molecule has 0 aliphatic carbocycles. The lowest BCUT2D eigenvalue weighted by Gasteiger charge is -2.26. The number of benzene rings is 3. The fourth-order valence-electron chi connectivity index (χ4n) is 4.44. The van der Waals surface area contributed by atoms with Gasteiger partial charge in [-0.15, -0.1) is 23.7 Å². The molecule has 1 aromatic heterocycles. The van der Waals surface area contributed by atoms with Crippen LogP contribution in [0.2, 0.25) is 0 Å². The van der Waals surface area contributed by atoms with Crippen LogP contribution in [-0.4, -0.2) is 41.4 Å². The maximum absolute atomic E-state index is 10.1. The summed E-state index contributed by atoms with van der Waals surface area (Å²) in [7, 11) is 0. The summed E-state index contributed by atoms with van der Waals surface area (Å²) < 4.78 is 13.1. The second-order valence-corrected chi connectivity index (χ2v) is 9.60. The first kappa shape index (κ1) is 25.2. The van der Waals surface area contributed by atoms with Crippen molar-refractivity contribution in [1.29, 1.82) is 0 Å². The molecule has 5 nitrogen and oxygen atoms in total.